The summed E-state index contributed by atoms with van der Waals surface area (Å²) < 4.78 is 0.911. The molecular formula is C19H20N4OS2. The second-order valence-corrected chi connectivity index (χ2v) is 8.25. The van der Waals surface area contributed by atoms with Gasteiger partial charge >= 0.3 is 0 Å². The van der Waals surface area contributed by atoms with Crippen molar-refractivity contribution in [2.75, 3.05) is 19.4 Å². The minimum absolute atomic E-state index is 0.0141. The maximum Gasteiger partial charge on any atom is 0.253 e. The van der Waals surface area contributed by atoms with Gasteiger partial charge in [0.1, 0.15) is 0 Å². The molecule has 26 heavy (non-hydrogen) atoms. The van der Waals surface area contributed by atoms with Gasteiger partial charge in [0.2, 0.25) is 5.13 Å². The molecule has 0 unspecified atom stereocenters. The van der Waals surface area contributed by atoms with Gasteiger partial charge in [0.05, 0.1) is 0 Å². The number of carbonyl (C=O) groups excluding carboxylic acids is 1. The summed E-state index contributed by atoms with van der Waals surface area (Å²) in [6, 6.07) is 15.9. The van der Waals surface area contributed by atoms with Crippen molar-refractivity contribution in [1.29, 1.82) is 0 Å². The third-order valence-corrected chi connectivity index (χ3v) is 5.69. The second kappa shape index (κ2) is 8.33. The molecule has 134 valence electrons. The van der Waals surface area contributed by atoms with E-state index in [0.717, 1.165) is 26.5 Å². The molecular weight excluding hydrogens is 364 g/mol. The van der Waals surface area contributed by atoms with Crippen LogP contribution in [0.15, 0.2) is 52.9 Å². The van der Waals surface area contributed by atoms with Gasteiger partial charge in [-0.05, 0) is 42.3 Å². The lowest BCUT2D eigenvalue weighted by molar-refractivity contribution is 0.0827. The first kappa shape index (κ1) is 18.4. The zero-order chi connectivity index (χ0) is 18.5. The molecule has 1 heterocycles. The van der Waals surface area contributed by atoms with Crippen LogP contribution in [0.5, 0.6) is 0 Å². The van der Waals surface area contributed by atoms with Crippen molar-refractivity contribution in [3.05, 3.63) is 65.2 Å². The van der Waals surface area contributed by atoms with E-state index in [-0.39, 0.29) is 5.91 Å². The molecule has 1 amide bonds. The second-order valence-electron chi connectivity index (χ2n) is 6.05. The van der Waals surface area contributed by atoms with Crippen LogP contribution in [0.2, 0.25) is 0 Å². The lowest BCUT2D eigenvalue weighted by Gasteiger charge is -2.10. The topological polar surface area (TPSA) is 58.1 Å². The highest BCUT2D eigenvalue weighted by Gasteiger charge is 2.09. The summed E-state index contributed by atoms with van der Waals surface area (Å²) in [5.41, 5.74) is 4.06. The zero-order valence-electron chi connectivity index (χ0n) is 14.9. The number of nitrogens with zero attached hydrogens (tertiary/aromatic N) is 3. The number of nitrogens with one attached hydrogen (secondary N) is 1. The number of aryl methyl sites for hydroxylation is 1. The molecule has 0 bridgehead atoms. The average Bonchev–Trinajstić information content (AvgIpc) is 3.07. The van der Waals surface area contributed by atoms with Gasteiger partial charge in [-0.3, -0.25) is 4.79 Å². The molecule has 0 saturated carbocycles. The van der Waals surface area contributed by atoms with Gasteiger partial charge in [-0.2, -0.15) is 0 Å². The summed E-state index contributed by atoms with van der Waals surface area (Å²) in [6.45, 7) is 2.06. The maximum atomic E-state index is 11.9. The highest BCUT2D eigenvalue weighted by atomic mass is 32.2. The van der Waals surface area contributed by atoms with Crippen LogP contribution in [0.25, 0.3) is 0 Å². The van der Waals surface area contributed by atoms with Gasteiger partial charge in [-0.25, -0.2) is 0 Å². The molecule has 0 radical (unpaired) electrons. The molecule has 7 heteroatoms. The number of aromatic nitrogens is 2. The van der Waals surface area contributed by atoms with Crippen molar-refractivity contribution >= 4 is 39.8 Å². The van der Waals surface area contributed by atoms with E-state index in [1.165, 1.54) is 16.9 Å². The Kier molecular flexibility index (Phi) is 5.90. The number of carbonyl (C=O) groups is 1. The molecule has 0 aliphatic carbocycles. The Hall–Kier alpha value is -2.38. The fourth-order valence-corrected chi connectivity index (χ4v) is 4.04. The van der Waals surface area contributed by atoms with E-state index < -0.39 is 0 Å². The molecule has 3 aromatic rings. The Balaban J connectivity index is 1.57. The fourth-order valence-electron chi connectivity index (χ4n) is 2.31. The van der Waals surface area contributed by atoms with Gasteiger partial charge in [-0.1, -0.05) is 47.4 Å². The number of anilines is 2. The number of hydrogen-bond acceptors (Lipinski definition) is 6. The molecule has 0 saturated heterocycles. The third kappa shape index (κ3) is 4.83. The van der Waals surface area contributed by atoms with Crippen molar-refractivity contribution in [3.8, 4) is 0 Å². The zero-order valence-corrected chi connectivity index (χ0v) is 16.5. The van der Waals surface area contributed by atoms with E-state index >= 15 is 0 Å². The van der Waals surface area contributed by atoms with Crippen molar-refractivity contribution in [2.24, 2.45) is 0 Å². The standard InChI is InChI=1S/C19H20N4OS2/c1-13-5-4-6-16(11-13)20-18-21-22-19(26-18)25-12-14-7-9-15(10-8-14)17(24)23(2)3/h4-11H,12H2,1-3H3,(H,20,21). The quantitative estimate of drug-likeness (QED) is 0.630. The predicted octanol–water partition coefficient (Wildman–Crippen LogP) is 4.58. The molecule has 0 aliphatic heterocycles. The Morgan fingerprint density at radius 1 is 1.15 bits per heavy atom. The first-order valence-corrected chi connectivity index (χ1v) is 9.92. The van der Waals surface area contributed by atoms with E-state index in [9.17, 15) is 4.79 Å². The molecule has 0 fully saturated rings. The predicted molar refractivity (Wildman–Crippen MR) is 108 cm³/mol. The fraction of sp³-hybridized carbons (Fsp3) is 0.211. The lowest BCUT2D eigenvalue weighted by Crippen LogP contribution is -2.21. The van der Waals surface area contributed by atoms with Crippen LogP contribution >= 0.6 is 23.1 Å². The Labute approximate surface area is 161 Å². The van der Waals surface area contributed by atoms with Crippen LogP contribution in [0.3, 0.4) is 0 Å². The number of thioether (sulfide) groups is 1. The molecule has 0 atom stereocenters. The first-order chi connectivity index (χ1) is 12.5. The van der Waals surface area contributed by atoms with Gasteiger partial charge in [-0.15, -0.1) is 10.2 Å². The summed E-state index contributed by atoms with van der Waals surface area (Å²) >= 11 is 3.17. The molecule has 3 rings (SSSR count). The highest BCUT2D eigenvalue weighted by Crippen LogP contribution is 2.30. The molecule has 2 aromatic carbocycles. The van der Waals surface area contributed by atoms with Crippen LogP contribution in [0, 0.1) is 6.92 Å². The average molecular weight is 385 g/mol. The number of amides is 1. The third-order valence-electron chi connectivity index (χ3n) is 3.65. The SMILES string of the molecule is Cc1cccc(Nc2nnc(SCc3ccc(C(=O)N(C)C)cc3)s2)c1. The van der Waals surface area contributed by atoms with Crippen LogP contribution < -0.4 is 5.32 Å². The largest absolute Gasteiger partial charge is 0.345 e. The summed E-state index contributed by atoms with van der Waals surface area (Å²) in [5, 5.41) is 12.5. The molecule has 1 N–H and O–H groups in total. The summed E-state index contributed by atoms with van der Waals surface area (Å²) in [7, 11) is 3.51. The minimum Gasteiger partial charge on any atom is -0.345 e. The van der Waals surface area contributed by atoms with Crippen molar-refractivity contribution < 1.29 is 4.79 Å². The molecule has 5 nitrogen and oxygen atoms in total. The van der Waals surface area contributed by atoms with E-state index in [4.69, 9.17) is 0 Å². The van der Waals surface area contributed by atoms with E-state index in [2.05, 4.69) is 34.6 Å². The van der Waals surface area contributed by atoms with Crippen molar-refractivity contribution in [2.45, 2.75) is 17.0 Å². The minimum atomic E-state index is 0.0141. The van der Waals surface area contributed by atoms with Crippen molar-refractivity contribution in [3.63, 3.8) is 0 Å². The molecule has 0 spiro atoms. The van der Waals surface area contributed by atoms with Crippen LogP contribution in [-0.4, -0.2) is 35.1 Å². The van der Waals surface area contributed by atoms with Gasteiger partial charge in [0.25, 0.3) is 5.91 Å². The summed E-state index contributed by atoms with van der Waals surface area (Å²) in [4.78, 5) is 13.5. The van der Waals surface area contributed by atoms with Crippen LogP contribution in [-0.2, 0) is 5.75 Å². The number of rotatable bonds is 6. The number of benzene rings is 2. The molecule has 0 aliphatic rings. The monoisotopic (exact) mass is 384 g/mol. The highest BCUT2D eigenvalue weighted by molar-refractivity contribution is 8.00. The maximum absolute atomic E-state index is 11.9. The summed E-state index contributed by atoms with van der Waals surface area (Å²) in [6.07, 6.45) is 0. The normalized spacial score (nSPS) is 10.6. The Morgan fingerprint density at radius 2 is 1.92 bits per heavy atom. The molecule has 1 aromatic heterocycles. The number of hydrogen-bond donors (Lipinski definition) is 1. The van der Waals surface area contributed by atoms with Crippen LogP contribution in [0.4, 0.5) is 10.8 Å². The first-order valence-electron chi connectivity index (χ1n) is 8.12. The Bertz CT molecular complexity index is 891. The van der Waals surface area contributed by atoms with Gasteiger partial charge in [0.15, 0.2) is 4.34 Å². The smallest absolute Gasteiger partial charge is 0.253 e. The Morgan fingerprint density at radius 3 is 2.62 bits per heavy atom. The van der Waals surface area contributed by atoms with Gasteiger partial charge < -0.3 is 10.2 Å². The van der Waals surface area contributed by atoms with E-state index in [1.54, 1.807) is 30.8 Å². The van der Waals surface area contributed by atoms with Crippen molar-refractivity contribution in [1.82, 2.24) is 15.1 Å². The van der Waals surface area contributed by atoms with E-state index in [0.29, 0.717) is 5.56 Å². The summed E-state index contributed by atoms with van der Waals surface area (Å²) in [5.74, 6) is 0.801. The van der Waals surface area contributed by atoms with Gasteiger partial charge in [0, 0.05) is 31.1 Å². The van der Waals surface area contributed by atoms with Crippen LogP contribution in [0.1, 0.15) is 21.5 Å². The van der Waals surface area contributed by atoms with E-state index in [1.807, 2.05) is 36.4 Å². The lowest BCUT2D eigenvalue weighted by atomic mass is 10.1.